The number of azo groups is 1. The first-order chi connectivity index (χ1) is 58.4. The lowest BCUT2D eigenvalue weighted by Crippen LogP contribution is -2.51. The summed E-state index contributed by atoms with van der Waals surface area (Å²) in [5.41, 5.74) is -2.94. The van der Waals surface area contributed by atoms with Gasteiger partial charge in [0.25, 0.3) is 0 Å². The number of ether oxygens (including phenoxy) is 17. The molecule has 696 valence electrons. The molecule has 125 heavy (non-hydrogen) atoms. The molecule has 0 radical (unpaired) electrons. The molecule has 6 amide bonds. The third kappa shape index (κ3) is 28.9. The number of alkyl carbamates (subject to hydrolysis) is 2. The quantitative estimate of drug-likeness (QED) is 0.0287. The van der Waals surface area contributed by atoms with Gasteiger partial charge in [-0.1, -0.05) is 62.2 Å². The predicted octanol–water partition coefficient (Wildman–Crippen LogP) is 12.4. The van der Waals surface area contributed by atoms with Crippen LogP contribution in [-0.4, -0.2) is 257 Å². The highest BCUT2D eigenvalue weighted by molar-refractivity contribution is 7.89. The van der Waals surface area contributed by atoms with E-state index in [9.17, 15) is 50.7 Å². The Morgan fingerprint density at radius 2 is 0.896 bits per heavy atom. The van der Waals surface area contributed by atoms with Crippen LogP contribution in [0, 0.1) is 23.7 Å². The van der Waals surface area contributed by atoms with Crippen LogP contribution in [0.1, 0.15) is 162 Å². The maximum atomic E-state index is 14.3. The molecule has 6 fully saturated rings. The fourth-order valence-corrected chi connectivity index (χ4v) is 18.1. The van der Waals surface area contributed by atoms with Crippen LogP contribution in [0.5, 0.6) is 34.5 Å². The summed E-state index contributed by atoms with van der Waals surface area (Å²) in [4.78, 5) is 76.2. The molecular weight excluding hydrogens is 1670 g/mol. The van der Waals surface area contributed by atoms with Crippen LogP contribution >= 0.6 is 0 Å². The number of aliphatic hydroxyl groups excluding tert-OH is 1. The fourth-order valence-electron chi connectivity index (χ4n) is 14.8. The van der Waals surface area contributed by atoms with Gasteiger partial charge in [0.05, 0.1) is 85.5 Å². The standard InChI is InChI=1S/C38H53N3O12S.C31H40N2O10S.C10H18N2O4.C7H15NO3/c1-24(2)20-40(54(44,45)27-12-13-30-31(19-27)50-23-49-30)21-32-29(18-25-8-10-26(11-9-25)46-17-15-39-35(42)53-37(3,4)5)41(38(6,7)52-32)36(43)51-33-22-48-34-28(33)14-16-47-34;1-19(2)15-32(44(36,37)22-9-10-25-26(14-22)41-18-40-25)16-27-24(13-20-5-7-21(34)8-6-20)33(31(3,4)43-27)30(35)42-28-17-39-29-23(28)11-12-38-29;1-9(2,3)15-7(13)11-12-8(14)16-10(4,5)6;1-7(2,3)11-6(10)8-4-5-9/h8-13,19,24,28-29,32-34H,14-18,20-23H2,1-7H3,(H,39,42);5-10,14,19,23-24,27-29,34H,11-13,15-18H2,1-4H3;1-6H3;9H,4-5H2,1-3H3,(H,8,10)/t28-,29-,32+,33+,34+;23-,24-,27+,28+,29+;;/m00../s1. The van der Waals surface area contributed by atoms with E-state index < -0.39 is 133 Å². The highest BCUT2D eigenvalue weighted by atomic mass is 32.2. The molecule has 0 aromatic heterocycles. The summed E-state index contributed by atoms with van der Waals surface area (Å²) in [7, 11) is -8.03. The van der Waals surface area contributed by atoms with Crippen LogP contribution in [0.3, 0.4) is 0 Å². The zero-order valence-electron chi connectivity index (χ0n) is 75.2. The first-order valence-corrected chi connectivity index (χ1v) is 44.8. The molecule has 4 aromatic rings. The molecule has 0 unspecified atom stereocenters. The summed E-state index contributed by atoms with van der Waals surface area (Å²) in [6.45, 7) is 38.5. The van der Waals surface area contributed by atoms with Gasteiger partial charge in [0.1, 0.15) is 64.2 Å². The summed E-state index contributed by atoms with van der Waals surface area (Å²) >= 11 is 0. The number of aliphatic hydroxyl groups is 1. The molecule has 10 atom stereocenters. The minimum Gasteiger partial charge on any atom is -0.508 e. The molecular formula is C86H126N8O29S2. The van der Waals surface area contributed by atoms with Crippen LogP contribution < -0.4 is 34.3 Å². The summed E-state index contributed by atoms with van der Waals surface area (Å²) in [5.74, 6) is 2.32. The van der Waals surface area contributed by atoms with Crippen molar-refractivity contribution >= 4 is 56.6 Å². The molecule has 4 N–H and O–H groups in total. The maximum Gasteiger partial charge on any atom is 0.453 e. The number of aromatic hydroxyl groups is 1. The number of benzene rings is 4. The van der Waals surface area contributed by atoms with Crippen molar-refractivity contribution in [3.8, 4) is 34.5 Å². The summed E-state index contributed by atoms with van der Waals surface area (Å²) in [6.07, 6.45) is -4.97. The Kier molecular flexibility index (Phi) is 33.6. The van der Waals surface area contributed by atoms with E-state index in [0.717, 1.165) is 24.0 Å². The predicted molar refractivity (Wildman–Crippen MR) is 450 cm³/mol. The second-order valence-electron chi connectivity index (χ2n) is 36.7. The van der Waals surface area contributed by atoms with Crippen LogP contribution in [0.2, 0.25) is 0 Å². The SMILES string of the molecule is CC(C)(C)OC(=O)N=NC(=O)OC(C)(C)C.CC(C)(C)OC(=O)NCCO.CC(C)CN(C[C@H]1OC(C)(C)N(C(=O)O[C@@H]2CO[C@H]3OCC[C@H]32)[C@H]1Cc1ccc(O)cc1)S(=O)(=O)c1ccc2c(c1)OCO2.CC(C)CN(C[C@H]1OC(C)(C)N(C(=O)O[C@@H]2CO[C@H]3OCC[C@H]32)[C@H]1Cc1ccc(OCCNC(=O)OC(C)(C)C)cc1)S(=O)(=O)c1ccc2c(c1)OCO2. The summed E-state index contributed by atoms with van der Waals surface area (Å²) in [6, 6.07) is 22.1. The zero-order chi connectivity index (χ0) is 92.0. The molecule has 8 aliphatic heterocycles. The molecule has 8 aliphatic rings. The normalized spacial score (nSPS) is 22.8. The second-order valence-corrected chi connectivity index (χ2v) is 40.6. The number of hydrogen-bond donors (Lipinski definition) is 4. The van der Waals surface area contributed by atoms with Gasteiger partial charge in [0, 0.05) is 44.9 Å². The van der Waals surface area contributed by atoms with Crippen molar-refractivity contribution in [3.05, 3.63) is 96.1 Å². The Hall–Kier alpha value is -9.16. The lowest BCUT2D eigenvalue weighted by molar-refractivity contribution is -0.0912. The van der Waals surface area contributed by atoms with Gasteiger partial charge in [0.2, 0.25) is 33.6 Å². The molecule has 37 nitrogen and oxygen atoms in total. The summed E-state index contributed by atoms with van der Waals surface area (Å²) < 4.78 is 155. The average molecular weight is 1800 g/mol. The average Bonchev–Trinajstić information content (AvgIpc) is 1.60. The number of nitrogens with zero attached hydrogens (tertiary/aromatic N) is 6. The van der Waals surface area contributed by atoms with Gasteiger partial charge in [-0.15, -0.1) is 0 Å². The topological polar surface area (TPSA) is 430 Å². The Morgan fingerprint density at radius 1 is 0.520 bits per heavy atom. The third-order valence-corrected chi connectivity index (χ3v) is 23.5. The van der Waals surface area contributed by atoms with Crippen molar-refractivity contribution in [1.29, 1.82) is 0 Å². The number of carbonyl (C=O) groups is 6. The Balaban J connectivity index is 0.000000221. The smallest absolute Gasteiger partial charge is 0.453 e. The number of phenolic OH excluding ortho intramolecular Hbond substituents is 1. The van der Waals surface area contributed by atoms with E-state index in [2.05, 4.69) is 20.9 Å². The number of fused-ring (bicyclic) bond motifs is 4. The van der Waals surface area contributed by atoms with E-state index in [0.29, 0.717) is 54.8 Å². The van der Waals surface area contributed by atoms with E-state index in [1.165, 1.54) is 32.9 Å². The van der Waals surface area contributed by atoms with Gasteiger partial charge < -0.3 is 101 Å². The highest BCUT2D eigenvalue weighted by Gasteiger charge is 2.56. The van der Waals surface area contributed by atoms with Gasteiger partial charge in [-0.2, -0.15) is 8.61 Å². The Labute approximate surface area is 732 Å². The van der Waals surface area contributed by atoms with E-state index in [1.54, 1.807) is 157 Å². The molecule has 0 spiro atoms. The lowest BCUT2D eigenvalue weighted by Gasteiger charge is -2.34. The Bertz CT molecular complexity index is 4540. The van der Waals surface area contributed by atoms with Crippen molar-refractivity contribution in [1.82, 2.24) is 29.0 Å². The minimum atomic E-state index is -4.03. The minimum absolute atomic E-state index is 0.00397. The number of sulfonamides is 2. The number of rotatable bonds is 24. The maximum absolute atomic E-state index is 14.3. The van der Waals surface area contributed by atoms with Crippen molar-refractivity contribution in [2.75, 3.05) is 92.5 Å². The largest absolute Gasteiger partial charge is 0.508 e. The van der Waals surface area contributed by atoms with Crippen molar-refractivity contribution in [2.24, 2.45) is 33.9 Å². The van der Waals surface area contributed by atoms with E-state index in [-0.39, 0.29) is 125 Å². The first kappa shape index (κ1) is 99.6. The first-order valence-electron chi connectivity index (χ1n) is 41.9. The highest BCUT2D eigenvalue weighted by Crippen LogP contribution is 2.44. The third-order valence-electron chi connectivity index (χ3n) is 19.9. The van der Waals surface area contributed by atoms with Crippen LogP contribution in [-0.2, 0) is 89.7 Å². The number of hydrogen-bond acceptors (Lipinski definition) is 29. The van der Waals surface area contributed by atoms with Gasteiger partial charge in [-0.3, -0.25) is 9.80 Å². The molecule has 4 aromatic carbocycles. The van der Waals surface area contributed by atoms with Crippen molar-refractivity contribution in [2.45, 2.75) is 257 Å². The molecule has 39 heteroatoms. The van der Waals surface area contributed by atoms with E-state index in [1.807, 2.05) is 52.0 Å². The fraction of sp³-hybridized carbons (Fsp3) is 0.651. The zero-order valence-corrected chi connectivity index (χ0v) is 76.8. The number of nitrogens with one attached hydrogen (secondary N) is 2. The monoisotopic (exact) mass is 1800 g/mol. The van der Waals surface area contributed by atoms with E-state index >= 15 is 0 Å². The van der Waals surface area contributed by atoms with Crippen LogP contribution in [0.15, 0.2) is 105 Å². The van der Waals surface area contributed by atoms with Crippen molar-refractivity contribution in [3.63, 3.8) is 0 Å². The van der Waals surface area contributed by atoms with E-state index in [4.69, 9.17) is 85.6 Å². The molecule has 12 rings (SSSR count). The second kappa shape index (κ2) is 42.2. The molecule has 0 saturated carbocycles. The molecule has 0 aliphatic carbocycles. The lowest BCUT2D eigenvalue weighted by atomic mass is 9.99. The van der Waals surface area contributed by atoms with Crippen molar-refractivity contribution < 1.29 is 136 Å². The molecule has 6 saturated heterocycles. The van der Waals surface area contributed by atoms with Gasteiger partial charge in [0.15, 0.2) is 35.6 Å². The van der Waals surface area contributed by atoms with Gasteiger partial charge in [-0.25, -0.2) is 45.6 Å². The van der Waals surface area contributed by atoms with Crippen LogP contribution in [0.25, 0.3) is 0 Å². The van der Waals surface area contributed by atoms with Gasteiger partial charge >= 0.3 is 36.6 Å². The number of amides is 6. The molecule has 8 heterocycles. The summed E-state index contributed by atoms with van der Waals surface area (Å²) in [5, 5.41) is 29.4. The molecule has 0 bridgehead atoms. The van der Waals surface area contributed by atoms with Gasteiger partial charge in [-0.05, 0) is 208 Å². The van der Waals surface area contributed by atoms with Crippen LogP contribution in [0.4, 0.5) is 28.8 Å². The number of phenols is 1. The number of carbonyl (C=O) groups excluding carboxylic acids is 6. The Morgan fingerprint density at radius 3 is 1.27 bits per heavy atom.